The third-order valence-corrected chi connectivity index (χ3v) is 4.19. The number of carbonyl (C=O) groups excluding carboxylic acids is 1. The number of aliphatic hydroxyl groups is 1. The van der Waals surface area contributed by atoms with Gasteiger partial charge in [-0.15, -0.1) is 0 Å². The number of anilines is 1. The first-order chi connectivity index (χ1) is 10.3. The number of rotatable bonds is 7. The van der Waals surface area contributed by atoms with Crippen LogP contribution in [-0.4, -0.2) is 24.3 Å². The number of halogens is 1. The number of hydrogen-bond acceptors (Lipinski definition) is 2. The van der Waals surface area contributed by atoms with E-state index in [9.17, 15) is 4.79 Å². The van der Waals surface area contributed by atoms with Crippen LogP contribution in [0.15, 0.2) is 12.1 Å². The zero-order valence-corrected chi connectivity index (χ0v) is 14.7. The van der Waals surface area contributed by atoms with E-state index in [1.54, 1.807) is 0 Å². The Morgan fingerprint density at radius 2 is 1.95 bits per heavy atom. The van der Waals surface area contributed by atoms with E-state index < -0.39 is 0 Å². The molecule has 0 aromatic heterocycles. The largest absolute Gasteiger partial charge is 0.396 e. The Morgan fingerprint density at radius 1 is 1.27 bits per heavy atom. The van der Waals surface area contributed by atoms with Crippen molar-refractivity contribution in [1.29, 1.82) is 0 Å². The smallest absolute Gasteiger partial charge is 0.319 e. The molecule has 1 rings (SSSR count). The molecule has 0 fully saturated rings. The topological polar surface area (TPSA) is 61.4 Å². The Bertz CT molecular complexity index is 516. The number of aliphatic hydroxyl groups excluding tert-OH is 1. The van der Waals surface area contributed by atoms with Crippen LogP contribution in [-0.2, 0) is 12.8 Å². The van der Waals surface area contributed by atoms with Gasteiger partial charge in [0.15, 0.2) is 0 Å². The first kappa shape index (κ1) is 18.8. The molecule has 0 spiro atoms. The van der Waals surface area contributed by atoms with Gasteiger partial charge in [-0.1, -0.05) is 45.4 Å². The third-order valence-electron chi connectivity index (χ3n) is 3.83. The van der Waals surface area contributed by atoms with Gasteiger partial charge in [0.2, 0.25) is 0 Å². The Balaban J connectivity index is 2.82. The van der Waals surface area contributed by atoms with Gasteiger partial charge in [-0.05, 0) is 41.9 Å². The summed E-state index contributed by atoms with van der Waals surface area (Å²) in [6.45, 7) is 8.72. The number of benzene rings is 1. The predicted molar refractivity (Wildman–Crippen MR) is 92.7 cm³/mol. The van der Waals surface area contributed by atoms with Gasteiger partial charge < -0.3 is 15.7 Å². The molecule has 0 bridgehead atoms. The predicted octanol–water partition coefficient (Wildman–Crippen LogP) is 3.99. The molecule has 1 aromatic carbocycles. The van der Waals surface area contributed by atoms with Crippen LogP contribution in [0, 0.1) is 5.41 Å². The van der Waals surface area contributed by atoms with Crippen molar-refractivity contribution in [3.63, 3.8) is 0 Å². The van der Waals surface area contributed by atoms with Crippen molar-refractivity contribution >= 4 is 23.3 Å². The number of aryl methyl sites for hydroxylation is 1. The zero-order chi connectivity index (χ0) is 16.8. The highest BCUT2D eigenvalue weighted by molar-refractivity contribution is 6.31. The van der Waals surface area contributed by atoms with E-state index in [4.69, 9.17) is 16.7 Å². The summed E-state index contributed by atoms with van der Waals surface area (Å²) < 4.78 is 0. The lowest BCUT2D eigenvalue weighted by atomic mass is 9.90. The normalized spacial score (nSPS) is 11.4. The second kappa shape index (κ2) is 8.39. The van der Waals surface area contributed by atoms with Gasteiger partial charge in [0, 0.05) is 18.2 Å². The molecule has 0 aliphatic carbocycles. The van der Waals surface area contributed by atoms with Gasteiger partial charge in [-0.25, -0.2) is 4.79 Å². The van der Waals surface area contributed by atoms with Crippen molar-refractivity contribution in [2.75, 3.05) is 18.5 Å². The third kappa shape index (κ3) is 5.18. The first-order valence-electron chi connectivity index (χ1n) is 7.80. The minimum Gasteiger partial charge on any atom is -0.396 e. The summed E-state index contributed by atoms with van der Waals surface area (Å²) >= 11 is 6.23. The van der Waals surface area contributed by atoms with Gasteiger partial charge in [0.25, 0.3) is 0 Å². The molecule has 22 heavy (non-hydrogen) atoms. The fourth-order valence-electron chi connectivity index (χ4n) is 2.34. The monoisotopic (exact) mass is 326 g/mol. The van der Waals surface area contributed by atoms with Crippen LogP contribution in [0.25, 0.3) is 0 Å². The van der Waals surface area contributed by atoms with E-state index in [-0.39, 0.29) is 18.1 Å². The summed E-state index contributed by atoms with van der Waals surface area (Å²) in [6, 6.07) is 3.59. The number of amides is 2. The summed E-state index contributed by atoms with van der Waals surface area (Å²) in [5.74, 6) is 0. The molecule has 124 valence electrons. The first-order valence-corrected chi connectivity index (χ1v) is 8.18. The SMILES string of the molecule is CCc1ccc(Cl)c(CC)c1NC(=O)NCC(C)(C)CCO. The molecule has 0 unspecified atom stereocenters. The summed E-state index contributed by atoms with van der Waals surface area (Å²) in [5, 5.41) is 15.5. The molecule has 0 aliphatic heterocycles. The minimum atomic E-state index is -0.238. The van der Waals surface area contributed by atoms with Crippen LogP contribution in [0.5, 0.6) is 0 Å². The van der Waals surface area contributed by atoms with E-state index in [2.05, 4.69) is 17.6 Å². The van der Waals surface area contributed by atoms with Crippen molar-refractivity contribution in [1.82, 2.24) is 5.32 Å². The van der Waals surface area contributed by atoms with Crippen LogP contribution in [0.2, 0.25) is 5.02 Å². The molecule has 1 aromatic rings. The maximum atomic E-state index is 12.2. The van der Waals surface area contributed by atoms with Crippen LogP contribution in [0.1, 0.15) is 45.2 Å². The highest BCUT2D eigenvalue weighted by Gasteiger charge is 2.19. The molecule has 0 saturated carbocycles. The lowest BCUT2D eigenvalue weighted by molar-refractivity contribution is 0.204. The van der Waals surface area contributed by atoms with Crippen molar-refractivity contribution in [2.24, 2.45) is 5.41 Å². The van der Waals surface area contributed by atoms with Gasteiger partial charge >= 0.3 is 6.03 Å². The van der Waals surface area contributed by atoms with Crippen LogP contribution < -0.4 is 10.6 Å². The second-order valence-electron chi connectivity index (χ2n) is 6.21. The number of hydrogen-bond donors (Lipinski definition) is 3. The quantitative estimate of drug-likeness (QED) is 0.709. The Kier molecular flexibility index (Phi) is 7.17. The van der Waals surface area contributed by atoms with Crippen LogP contribution in [0.4, 0.5) is 10.5 Å². The van der Waals surface area contributed by atoms with E-state index in [0.717, 1.165) is 29.7 Å². The molecule has 4 nitrogen and oxygen atoms in total. The summed E-state index contributed by atoms with van der Waals surface area (Å²) in [6.07, 6.45) is 2.24. The molecule has 0 saturated heterocycles. The molecule has 3 N–H and O–H groups in total. The summed E-state index contributed by atoms with van der Waals surface area (Å²) in [4.78, 5) is 12.2. The van der Waals surface area contributed by atoms with Crippen LogP contribution in [0.3, 0.4) is 0 Å². The molecule has 0 aliphatic rings. The van der Waals surface area contributed by atoms with Gasteiger partial charge in [-0.2, -0.15) is 0 Å². The Morgan fingerprint density at radius 3 is 2.50 bits per heavy atom. The molecular weight excluding hydrogens is 300 g/mol. The van der Waals surface area contributed by atoms with Crippen molar-refractivity contribution in [3.05, 3.63) is 28.3 Å². The van der Waals surface area contributed by atoms with Gasteiger partial charge in [0.1, 0.15) is 0 Å². The standard InChI is InChI=1S/C17H27ClN2O2/c1-5-12-7-8-14(18)13(6-2)15(12)20-16(22)19-11-17(3,4)9-10-21/h7-8,21H,5-6,9-11H2,1-4H3,(H2,19,20,22). The zero-order valence-electron chi connectivity index (χ0n) is 13.9. The van der Waals surface area contributed by atoms with Gasteiger partial charge in [-0.3, -0.25) is 0 Å². The summed E-state index contributed by atoms with van der Waals surface area (Å²) in [5.41, 5.74) is 2.72. The van der Waals surface area contributed by atoms with E-state index in [0.29, 0.717) is 18.0 Å². The lowest BCUT2D eigenvalue weighted by Gasteiger charge is -2.24. The Labute approximate surface area is 138 Å². The van der Waals surface area contributed by atoms with E-state index in [1.807, 2.05) is 32.9 Å². The molecule has 0 radical (unpaired) electrons. The van der Waals surface area contributed by atoms with Crippen molar-refractivity contribution < 1.29 is 9.90 Å². The van der Waals surface area contributed by atoms with Gasteiger partial charge in [0.05, 0.1) is 5.69 Å². The lowest BCUT2D eigenvalue weighted by Crippen LogP contribution is -2.37. The Hall–Kier alpha value is -1.26. The fraction of sp³-hybridized carbons (Fsp3) is 0.588. The van der Waals surface area contributed by atoms with Crippen molar-refractivity contribution in [2.45, 2.75) is 47.0 Å². The second-order valence-corrected chi connectivity index (χ2v) is 6.62. The highest BCUT2D eigenvalue weighted by atomic mass is 35.5. The van der Waals surface area contributed by atoms with Crippen LogP contribution >= 0.6 is 11.6 Å². The molecule has 0 heterocycles. The number of carbonyl (C=O) groups is 1. The van der Waals surface area contributed by atoms with E-state index >= 15 is 0 Å². The number of nitrogens with one attached hydrogen (secondary N) is 2. The molecular formula is C17H27ClN2O2. The maximum Gasteiger partial charge on any atom is 0.319 e. The van der Waals surface area contributed by atoms with E-state index in [1.165, 1.54) is 0 Å². The summed E-state index contributed by atoms with van der Waals surface area (Å²) in [7, 11) is 0. The molecule has 5 heteroatoms. The minimum absolute atomic E-state index is 0.116. The maximum absolute atomic E-state index is 12.2. The molecule has 0 atom stereocenters. The number of urea groups is 1. The fourth-order valence-corrected chi connectivity index (χ4v) is 2.63. The average molecular weight is 327 g/mol. The highest BCUT2D eigenvalue weighted by Crippen LogP contribution is 2.29. The molecule has 2 amide bonds. The van der Waals surface area contributed by atoms with Crippen molar-refractivity contribution in [3.8, 4) is 0 Å². The average Bonchev–Trinajstić information content (AvgIpc) is 2.46.